The van der Waals surface area contributed by atoms with Gasteiger partial charge in [-0.15, -0.1) is 0 Å². The van der Waals surface area contributed by atoms with Crippen LogP contribution in [0.15, 0.2) is 11.4 Å². The smallest absolute Gasteiger partial charge is 0.309 e. The Bertz CT molecular complexity index is 802. The number of aliphatic hydroxyl groups excluding tert-OH is 1. The number of esters is 1. The van der Waals surface area contributed by atoms with Crippen molar-refractivity contribution in [3.63, 3.8) is 0 Å². The number of hydrogen-bond donors (Lipinski definition) is 2. The van der Waals surface area contributed by atoms with Gasteiger partial charge in [0.1, 0.15) is 6.33 Å². The highest BCUT2D eigenvalue weighted by molar-refractivity contribution is 5.84. The predicted molar refractivity (Wildman–Crippen MR) is 91.4 cm³/mol. The number of rotatable bonds is 10. The topological polar surface area (TPSA) is 160 Å². The minimum atomic E-state index is -1.12. The number of nitrogens with zero attached hydrogens (tertiary/aromatic N) is 7. The molecule has 140 valence electrons. The maximum atomic E-state index is 11.7. The molecule has 12 heteroatoms. The van der Waals surface area contributed by atoms with Crippen molar-refractivity contribution in [3.05, 3.63) is 16.8 Å². The molecule has 0 spiro atoms. The summed E-state index contributed by atoms with van der Waals surface area (Å²) in [5.41, 5.74) is 9.34. The molecule has 0 saturated carbocycles. The van der Waals surface area contributed by atoms with E-state index in [-0.39, 0.29) is 31.2 Å². The van der Waals surface area contributed by atoms with E-state index in [0.717, 1.165) is 0 Å². The number of carbonyl (C=O) groups is 1. The van der Waals surface area contributed by atoms with E-state index >= 15 is 0 Å². The summed E-state index contributed by atoms with van der Waals surface area (Å²) in [6.07, 6.45) is 0.803. The molecule has 0 fully saturated rings. The summed E-state index contributed by atoms with van der Waals surface area (Å²) in [5, 5.41) is 15.4. The lowest BCUT2D eigenvalue weighted by Gasteiger charge is -2.19. The van der Waals surface area contributed by atoms with E-state index in [1.54, 1.807) is 6.92 Å². The number of nitrogens with one attached hydrogen (secondary N) is 1. The Hall–Kier alpha value is -2.95. The molecule has 2 aromatic heterocycles. The fourth-order valence-electron chi connectivity index (χ4n) is 2.05. The van der Waals surface area contributed by atoms with Gasteiger partial charge < -0.3 is 19.9 Å². The van der Waals surface area contributed by atoms with Crippen LogP contribution >= 0.6 is 0 Å². The molecule has 0 saturated heterocycles. The molecule has 1 unspecified atom stereocenters. The van der Waals surface area contributed by atoms with Crippen LogP contribution in [0.1, 0.15) is 33.1 Å². The Morgan fingerprint density at radius 1 is 1.50 bits per heavy atom. The normalized spacial score (nSPS) is 11.8. The Balaban J connectivity index is 2.49. The molecule has 12 nitrogen and oxygen atoms in total. The number of imidazole rings is 1. The van der Waals surface area contributed by atoms with Crippen LogP contribution in [0, 0.1) is 0 Å². The van der Waals surface area contributed by atoms with E-state index in [0.29, 0.717) is 24.3 Å². The van der Waals surface area contributed by atoms with E-state index in [9.17, 15) is 4.79 Å². The Morgan fingerprint density at radius 3 is 2.96 bits per heavy atom. The van der Waals surface area contributed by atoms with Gasteiger partial charge in [-0.2, -0.15) is 0 Å². The first-order valence-electron chi connectivity index (χ1n) is 8.10. The third-order valence-corrected chi connectivity index (χ3v) is 3.20. The fraction of sp³-hybridized carbons (Fsp3) is 0.571. The van der Waals surface area contributed by atoms with Crippen LogP contribution in [0.25, 0.3) is 21.6 Å². The van der Waals surface area contributed by atoms with Gasteiger partial charge in [-0.05, 0) is 24.0 Å². The molecular weight excluding hydrogens is 344 g/mol. The molecule has 1 atom stereocenters. The van der Waals surface area contributed by atoms with Crippen molar-refractivity contribution in [1.82, 2.24) is 19.5 Å². The van der Waals surface area contributed by atoms with E-state index < -0.39 is 12.4 Å². The predicted octanol–water partition coefficient (Wildman–Crippen LogP) is 2.01. The average molecular weight is 364 g/mol. The molecule has 2 heterocycles. The van der Waals surface area contributed by atoms with Gasteiger partial charge in [0.15, 0.2) is 17.0 Å². The second-order valence-corrected chi connectivity index (χ2v) is 5.01. The number of aliphatic hydroxyl groups is 1. The van der Waals surface area contributed by atoms with Crippen molar-refractivity contribution in [1.29, 1.82) is 0 Å². The lowest BCUT2D eigenvalue weighted by molar-refractivity contribution is -0.201. The Kier molecular flexibility index (Phi) is 7.09. The van der Waals surface area contributed by atoms with Gasteiger partial charge in [0.25, 0.3) is 6.41 Å². The monoisotopic (exact) mass is 364 g/mol. The lowest BCUT2D eigenvalue weighted by atomic mass is 10.4. The summed E-state index contributed by atoms with van der Waals surface area (Å²) >= 11 is 0. The van der Waals surface area contributed by atoms with Crippen LogP contribution in [0.3, 0.4) is 0 Å². The van der Waals surface area contributed by atoms with Crippen LogP contribution < -0.4 is 5.32 Å². The van der Waals surface area contributed by atoms with Crippen molar-refractivity contribution in [2.24, 2.45) is 5.11 Å². The van der Waals surface area contributed by atoms with Crippen molar-refractivity contribution in [2.75, 3.05) is 25.1 Å². The van der Waals surface area contributed by atoms with Crippen LogP contribution in [0.4, 0.5) is 11.8 Å². The summed E-state index contributed by atoms with van der Waals surface area (Å²) in [5.74, 6) is -0.194. The molecule has 26 heavy (non-hydrogen) atoms. The molecule has 0 aromatic carbocycles. The SMILES string of the molecule is CCNc1nc(N=[N+]=[N-])nc2c1ncn2C(OCCCO)OC(=O)CC. The number of fused-ring (bicyclic) bond motifs is 1. The van der Waals surface area contributed by atoms with Crippen molar-refractivity contribution < 1.29 is 19.4 Å². The lowest BCUT2D eigenvalue weighted by Crippen LogP contribution is -2.20. The zero-order valence-corrected chi connectivity index (χ0v) is 14.5. The Labute approximate surface area is 148 Å². The van der Waals surface area contributed by atoms with Crippen LogP contribution in [-0.4, -0.2) is 50.4 Å². The molecule has 0 amide bonds. The summed E-state index contributed by atoms with van der Waals surface area (Å²) in [4.78, 5) is 26.9. The summed E-state index contributed by atoms with van der Waals surface area (Å²) in [7, 11) is 0. The zero-order valence-electron chi connectivity index (χ0n) is 14.5. The molecule has 0 radical (unpaired) electrons. The largest absolute Gasteiger partial charge is 0.416 e. The first-order chi connectivity index (χ1) is 12.6. The third kappa shape index (κ3) is 4.57. The van der Waals surface area contributed by atoms with Crippen LogP contribution in [0.5, 0.6) is 0 Å². The third-order valence-electron chi connectivity index (χ3n) is 3.20. The van der Waals surface area contributed by atoms with Gasteiger partial charge in [-0.3, -0.25) is 9.36 Å². The molecule has 0 aliphatic heterocycles. The fourth-order valence-corrected chi connectivity index (χ4v) is 2.05. The quantitative estimate of drug-likeness (QED) is 0.162. The molecule has 0 aliphatic rings. The highest BCUT2D eigenvalue weighted by Gasteiger charge is 2.22. The molecule has 2 rings (SSSR count). The van der Waals surface area contributed by atoms with Gasteiger partial charge in [-0.1, -0.05) is 6.92 Å². The van der Waals surface area contributed by atoms with Gasteiger partial charge in [0.2, 0.25) is 5.95 Å². The molecule has 2 aromatic rings. The van der Waals surface area contributed by atoms with Gasteiger partial charge >= 0.3 is 5.97 Å². The van der Waals surface area contributed by atoms with Gasteiger partial charge in [-0.25, -0.2) is 15.0 Å². The molecule has 0 aliphatic carbocycles. The minimum Gasteiger partial charge on any atom is -0.416 e. The van der Waals surface area contributed by atoms with Gasteiger partial charge in [0, 0.05) is 24.5 Å². The van der Waals surface area contributed by atoms with Crippen molar-refractivity contribution in [3.8, 4) is 0 Å². The standard InChI is InChI=1S/C14H20N8O4/c1-3-9(24)26-14(25-7-5-6-23)22-8-17-10-11(16-4-2)18-13(20-21-15)19-12(10)22/h8,14,23H,3-7H2,1-2H3,(H,16,18,19). The van der Waals surface area contributed by atoms with E-state index in [1.165, 1.54) is 10.9 Å². The molecular formula is C14H20N8O4. The molecule has 0 bridgehead atoms. The number of hydrogen-bond acceptors (Lipinski definition) is 9. The zero-order chi connectivity index (χ0) is 18.9. The maximum absolute atomic E-state index is 11.7. The highest BCUT2D eigenvalue weighted by atomic mass is 16.7. The number of carbonyl (C=O) groups excluding carboxylic acids is 1. The first-order valence-corrected chi connectivity index (χ1v) is 8.10. The van der Waals surface area contributed by atoms with Crippen LogP contribution in [0.2, 0.25) is 0 Å². The van der Waals surface area contributed by atoms with Crippen LogP contribution in [-0.2, 0) is 14.3 Å². The van der Waals surface area contributed by atoms with Crippen molar-refractivity contribution >= 4 is 28.9 Å². The minimum absolute atomic E-state index is 0.0626. The summed E-state index contributed by atoms with van der Waals surface area (Å²) in [6.45, 7) is 4.20. The summed E-state index contributed by atoms with van der Waals surface area (Å²) < 4.78 is 12.2. The second-order valence-electron chi connectivity index (χ2n) is 5.01. The summed E-state index contributed by atoms with van der Waals surface area (Å²) in [6, 6.07) is 0. The number of anilines is 1. The highest BCUT2D eigenvalue weighted by Crippen LogP contribution is 2.25. The van der Waals surface area contributed by atoms with Crippen molar-refractivity contribution in [2.45, 2.75) is 33.1 Å². The van der Waals surface area contributed by atoms with E-state index in [4.69, 9.17) is 20.1 Å². The number of ether oxygens (including phenoxy) is 2. The van der Waals surface area contributed by atoms with E-state index in [1.807, 2.05) is 6.92 Å². The van der Waals surface area contributed by atoms with Gasteiger partial charge in [0.05, 0.1) is 6.61 Å². The van der Waals surface area contributed by atoms with E-state index in [2.05, 4.69) is 30.3 Å². The Morgan fingerprint density at radius 2 is 2.31 bits per heavy atom. The average Bonchev–Trinajstić information content (AvgIpc) is 3.05. The number of aromatic nitrogens is 4. The maximum Gasteiger partial charge on any atom is 0.309 e. The second kappa shape index (κ2) is 9.51. The molecule has 2 N–H and O–H groups in total. The first kappa shape index (κ1) is 19.4. The number of azide groups is 1.